The van der Waals surface area contributed by atoms with Crippen LogP contribution in [0.5, 0.6) is 17.4 Å². The first-order chi connectivity index (χ1) is 12.8. The molecule has 0 amide bonds. The first-order valence-corrected chi connectivity index (χ1v) is 7.85. The van der Waals surface area contributed by atoms with Crippen molar-refractivity contribution in [2.24, 2.45) is 5.73 Å². The Hall–Kier alpha value is -3.86. The van der Waals surface area contributed by atoms with Crippen LogP contribution in [0.3, 0.4) is 0 Å². The Labute approximate surface area is 147 Å². The highest BCUT2D eigenvalue weighted by Gasteiger charge is 2.37. The van der Waals surface area contributed by atoms with Gasteiger partial charge in [0.1, 0.15) is 17.4 Å². The number of nitriles is 1. The van der Waals surface area contributed by atoms with Gasteiger partial charge in [0.05, 0.1) is 23.4 Å². The van der Waals surface area contributed by atoms with Crippen LogP contribution in [0.2, 0.25) is 0 Å². The van der Waals surface area contributed by atoms with Crippen molar-refractivity contribution in [3.05, 3.63) is 59.4 Å². The summed E-state index contributed by atoms with van der Waals surface area (Å²) in [6.45, 7) is 0.190. The molecule has 0 saturated heterocycles. The van der Waals surface area contributed by atoms with E-state index in [0.29, 0.717) is 34.4 Å². The molecule has 2 aliphatic rings. The molecule has 8 heteroatoms. The highest BCUT2D eigenvalue weighted by atomic mass is 16.7. The molecule has 26 heavy (non-hydrogen) atoms. The molecule has 0 fully saturated rings. The van der Waals surface area contributed by atoms with Crippen molar-refractivity contribution >= 4 is 0 Å². The van der Waals surface area contributed by atoms with Crippen molar-refractivity contribution in [2.75, 3.05) is 6.79 Å². The fourth-order valence-corrected chi connectivity index (χ4v) is 3.26. The summed E-state index contributed by atoms with van der Waals surface area (Å²) in [5.41, 5.74) is 8.40. The molecule has 8 nitrogen and oxygen atoms in total. The number of nitrogens with two attached hydrogens (primary N) is 1. The minimum atomic E-state index is -0.516. The molecule has 0 aliphatic carbocycles. The lowest BCUT2D eigenvalue weighted by atomic mass is 9.86. The van der Waals surface area contributed by atoms with Crippen LogP contribution in [-0.4, -0.2) is 17.0 Å². The Bertz CT molecular complexity index is 1080. The highest BCUT2D eigenvalue weighted by molar-refractivity contribution is 5.72. The van der Waals surface area contributed by atoms with Gasteiger partial charge >= 0.3 is 0 Å². The smallest absolute Gasteiger partial charge is 0.244 e. The van der Waals surface area contributed by atoms with Gasteiger partial charge in [0.25, 0.3) is 0 Å². The van der Waals surface area contributed by atoms with Gasteiger partial charge in [0, 0.05) is 5.56 Å². The topological polar surface area (TPSA) is 119 Å². The number of nitrogens with zero attached hydrogens (tertiary/aromatic N) is 2. The third-order valence-electron chi connectivity index (χ3n) is 4.43. The summed E-state index contributed by atoms with van der Waals surface area (Å²) in [6, 6.07) is 11.2. The molecule has 3 N–H and O–H groups in total. The zero-order valence-electron chi connectivity index (χ0n) is 13.4. The summed E-state index contributed by atoms with van der Waals surface area (Å²) < 4.78 is 21.9. The molecule has 4 heterocycles. The number of H-pyrrole nitrogens is 1. The zero-order chi connectivity index (χ0) is 17.7. The predicted octanol–water partition coefficient (Wildman–Crippen LogP) is 2.62. The van der Waals surface area contributed by atoms with Gasteiger partial charge < -0.3 is 24.4 Å². The third kappa shape index (κ3) is 1.97. The van der Waals surface area contributed by atoms with E-state index in [1.165, 1.54) is 0 Å². The van der Waals surface area contributed by atoms with Crippen molar-refractivity contribution in [1.29, 1.82) is 5.26 Å². The number of aromatic amines is 1. The lowest BCUT2D eigenvalue weighted by molar-refractivity contribution is 0.174. The second kappa shape index (κ2) is 5.32. The van der Waals surface area contributed by atoms with Crippen LogP contribution in [0, 0.1) is 11.3 Å². The van der Waals surface area contributed by atoms with Crippen LogP contribution >= 0.6 is 0 Å². The summed E-state index contributed by atoms with van der Waals surface area (Å²) in [5.74, 6) is 1.73. The van der Waals surface area contributed by atoms with Gasteiger partial charge in [0.15, 0.2) is 11.5 Å². The highest BCUT2D eigenvalue weighted by Crippen LogP contribution is 2.46. The van der Waals surface area contributed by atoms with E-state index in [4.69, 9.17) is 24.4 Å². The fraction of sp³-hybridized carbons (Fsp3) is 0.111. The van der Waals surface area contributed by atoms with Gasteiger partial charge in [-0.25, -0.2) is 0 Å². The van der Waals surface area contributed by atoms with E-state index in [1.807, 2.05) is 18.2 Å². The van der Waals surface area contributed by atoms with Gasteiger partial charge in [-0.15, -0.1) is 5.10 Å². The van der Waals surface area contributed by atoms with E-state index in [9.17, 15) is 5.26 Å². The number of fused-ring (bicyclic) bond motifs is 2. The second-order valence-electron chi connectivity index (χ2n) is 5.83. The molecule has 3 aromatic rings. The van der Waals surface area contributed by atoms with Crippen LogP contribution in [0.25, 0.3) is 11.3 Å². The maximum Gasteiger partial charge on any atom is 0.244 e. The first kappa shape index (κ1) is 14.5. The van der Waals surface area contributed by atoms with Crippen molar-refractivity contribution in [3.8, 4) is 34.7 Å². The van der Waals surface area contributed by atoms with Crippen LogP contribution in [0.1, 0.15) is 17.2 Å². The Kier molecular flexibility index (Phi) is 2.96. The van der Waals surface area contributed by atoms with E-state index < -0.39 is 5.92 Å². The van der Waals surface area contributed by atoms with Crippen molar-refractivity contribution in [2.45, 2.75) is 5.92 Å². The average molecular weight is 348 g/mol. The van der Waals surface area contributed by atoms with Crippen molar-refractivity contribution < 1.29 is 18.6 Å². The predicted molar refractivity (Wildman–Crippen MR) is 88.2 cm³/mol. The maximum absolute atomic E-state index is 9.61. The molecule has 0 bridgehead atoms. The van der Waals surface area contributed by atoms with Gasteiger partial charge in [-0.3, -0.25) is 5.10 Å². The summed E-state index contributed by atoms with van der Waals surface area (Å²) in [7, 11) is 0. The summed E-state index contributed by atoms with van der Waals surface area (Å²) in [5, 5.41) is 16.8. The minimum Gasteiger partial charge on any atom is -0.468 e. The zero-order valence-corrected chi connectivity index (χ0v) is 13.4. The summed E-state index contributed by atoms with van der Waals surface area (Å²) >= 11 is 0. The molecule has 5 rings (SSSR count). The molecule has 1 atom stereocenters. The maximum atomic E-state index is 9.61. The number of ether oxygens (including phenoxy) is 3. The standard InChI is InChI=1S/C18H12N4O4/c19-7-10-14(12-2-1-5-23-12)15-16(21-22-18(15)26-17(10)20)9-3-4-11-13(6-9)25-8-24-11/h1-6,14H,8,20H2,(H,21,22)/t14-/m1/s1. The molecule has 128 valence electrons. The van der Waals surface area contributed by atoms with Crippen molar-refractivity contribution in [3.63, 3.8) is 0 Å². The molecule has 0 saturated carbocycles. The van der Waals surface area contributed by atoms with E-state index >= 15 is 0 Å². The Morgan fingerprint density at radius 3 is 2.92 bits per heavy atom. The summed E-state index contributed by atoms with van der Waals surface area (Å²) in [6.07, 6.45) is 1.55. The van der Waals surface area contributed by atoms with E-state index in [1.54, 1.807) is 18.4 Å². The molecular formula is C18H12N4O4. The Morgan fingerprint density at radius 1 is 1.23 bits per heavy atom. The minimum absolute atomic E-state index is 0.0186. The van der Waals surface area contributed by atoms with Gasteiger partial charge in [-0.05, 0) is 30.3 Å². The molecule has 0 radical (unpaired) electrons. The van der Waals surface area contributed by atoms with Gasteiger partial charge in [-0.2, -0.15) is 5.26 Å². The van der Waals surface area contributed by atoms with Crippen LogP contribution in [0.15, 0.2) is 52.5 Å². The number of benzene rings is 1. The molecule has 2 aliphatic heterocycles. The number of nitrogens with one attached hydrogen (secondary N) is 1. The number of furan rings is 1. The average Bonchev–Trinajstić information content (AvgIpc) is 3.39. The van der Waals surface area contributed by atoms with Crippen molar-refractivity contribution in [1.82, 2.24) is 10.2 Å². The van der Waals surface area contributed by atoms with Crippen LogP contribution in [-0.2, 0) is 0 Å². The second-order valence-corrected chi connectivity index (χ2v) is 5.83. The largest absolute Gasteiger partial charge is 0.468 e. The van der Waals surface area contributed by atoms with Crippen LogP contribution in [0.4, 0.5) is 0 Å². The number of rotatable bonds is 2. The van der Waals surface area contributed by atoms with E-state index in [2.05, 4.69) is 16.3 Å². The lowest BCUT2D eigenvalue weighted by Gasteiger charge is -2.22. The number of allylic oxidation sites excluding steroid dienone is 1. The lowest BCUT2D eigenvalue weighted by Crippen LogP contribution is -2.20. The van der Waals surface area contributed by atoms with E-state index in [-0.39, 0.29) is 18.2 Å². The van der Waals surface area contributed by atoms with Gasteiger partial charge in [-0.1, -0.05) is 0 Å². The normalized spacial score (nSPS) is 17.6. The Balaban J connectivity index is 1.71. The van der Waals surface area contributed by atoms with Crippen LogP contribution < -0.4 is 19.9 Å². The molecule has 1 aromatic carbocycles. The number of hydrogen-bond acceptors (Lipinski definition) is 7. The van der Waals surface area contributed by atoms with Gasteiger partial charge in [0.2, 0.25) is 18.6 Å². The molecular weight excluding hydrogens is 336 g/mol. The van der Waals surface area contributed by atoms with E-state index in [0.717, 1.165) is 5.56 Å². The number of aromatic nitrogens is 2. The molecule has 2 aromatic heterocycles. The fourth-order valence-electron chi connectivity index (χ4n) is 3.26. The third-order valence-corrected chi connectivity index (χ3v) is 4.43. The summed E-state index contributed by atoms with van der Waals surface area (Å²) in [4.78, 5) is 0. The quantitative estimate of drug-likeness (QED) is 0.730. The first-order valence-electron chi connectivity index (χ1n) is 7.85. The monoisotopic (exact) mass is 348 g/mol. The Morgan fingerprint density at radius 2 is 2.12 bits per heavy atom. The molecule has 0 spiro atoms. The molecule has 0 unspecified atom stereocenters. The SMILES string of the molecule is N#CC1=C(N)Oc2n[nH]c(-c3ccc4c(c3)OCO4)c2[C@H]1c1ccco1. The number of hydrogen-bond donors (Lipinski definition) is 2.